The third-order valence-corrected chi connectivity index (χ3v) is 6.57. The minimum Gasteiger partial charge on any atom is -0.490 e. The second kappa shape index (κ2) is 12.0. The van der Waals surface area contributed by atoms with Crippen molar-refractivity contribution in [2.45, 2.75) is 71.7 Å². The van der Waals surface area contributed by atoms with Crippen LogP contribution in [0.4, 0.5) is 5.95 Å². The van der Waals surface area contributed by atoms with E-state index in [0.717, 1.165) is 28.6 Å². The molecular formula is C24H33BrN4O4S. The van der Waals surface area contributed by atoms with Gasteiger partial charge in [0.1, 0.15) is 6.04 Å². The van der Waals surface area contributed by atoms with Crippen LogP contribution in [0.15, 0.2) is 33.0 Å². The van der Waals surface area contributed by atoms with E-state index < -0.39 is 12.0 Å². The normalized spacial score (nSPS) is 15.2. The van der Waals surface area contributed by atoms with Crippen molar-refractivity contribution < 1.29 is 19.0 Å². The molecule has 0 saturated heterocycles. The van der Waals surface area contributed by atoms with Crippen LogP contribution in [0.1, 0.15) is 66.0 Å². The molecule has 1 atom stereocenters. The van der Waals surface area contributed by atoms with Crippen molar-refractivity contribution >= 4 is 39.6 Å². The zero-order valence-corrected chi connectivity index (χ0v) is 23.0. The first-order chi connectivity index (χ1) is 16.3. The van der Waals surface area contributed by atoms with E-state index in [0.29, 0.717) is 47.1 Å². The molecule has 1 aromatic carbocycles. The van der Waals surface area contributed by atoms with Gasteiger partial charge in [-0.05, 0) is 74.7 Å². The van der Waals surface area contributed by atoms with Gasteiger partial charge < -0.3 is 19.5 Å². The Morgan fingerprint density at radius 3 is 2.62 bits per heavy atom. The number of carbonyl (C=O) groups excluding carboxylic acids is 1. The van der Waals surface area contributed by atoms with Gasteiger partial charge in [0.25, 0.3) is 0 Å². The van der Waals surface area contributed by atoms with Crippen LogP contribution in [0.3, 0.4) is 0 Å². The lowest BCUT2D eigenvalue weighted by Gasteiger charge is -2.29. The fraction of sp³-hybridized carbons (Fsp3) is 0.542. The van der Waals surface area contributed by atoms with Crippen molar-refractivity contribution in [3.05, 3.63) is 33.4 Å². The number of hydrogen-bond donors (Lipinski definition) is 1. The van der Waals surface area contributed by atoms with Gasteiger partial charge in [-0.1, -0.05) is 25.1 Å². The first-order valence-electron chi connectivity index (χ1n) is 11.7. The molecule has 0 radical (unpaired) electrons. The molecule has 2 aromatic rings. The van der Waals surface area contributed by atoms with Gasteiger partial charge >= 0.3 is 5.97 Å². The monoisotopic (exact) mass is 552 g/mol. The number of halogens is 1. The summed E-state index contributed by atoms with van der Waals surface area (Å²) in [5.41, 5.74) is 1.98. The summed E-state index contributed by atoms with van der Waals surface area (Å²) in [5.74, 6) is 2.35. The number of hydrogen-bond acceptors (Lipinski definition) is 8. The molecule has 3 rings (SSSR count). The number of esters is 1. The molecule has 34 heavy (non-hydrogen) atoms. The molecule has 0 spiro atoms. The highest BCUT2D eigenvalue weighted by Crippen LogP contribution is 2.43. The molecule has 2 heterocycles. The SMILES string of the molecule is CCCCSc1nc2n(n1)C(c1cc(Br)c(OCC)c(OCC)c1)C(C(=O)OC(C)C)=C(C)N2. The summed E-state index contributed by atoms with van der Waals surface area (Å²) in [6, 6.07) is 3.30. The zero-order valence-electron chi connectivity index (χ0n) is 20.6. The van der Waals surface area contributed by atoms with E-state index in [1.54, 1.807) is 16.4 Å². The zero-order chi connectivity index (χ0) is 24.8. The second-order valence-corrected chi connectivity index (χ2v) is 10.00. The van der Waals surface area contributed by atoms with Crippen LogP contribution in [-0.4, -0.2) is 45.8 Å². The molecule has 1 aliphatic heterocycles. The van der Waals surface area contributed by atoms with Gasteiger partial charge in [-0.2, -0.15) is 4.98 Å². The van der Waals surface area contributed by atoms with Gasteiger partial charge in [0.15, 0.2) is 11.5 Å². The van der Waals surface area contributed by atoms with Crippen LogP contribution in [0.5, 0.6) is 11.5 Å². The van der Waals surface area contributed by atoms with E-state index in [1.165, 1.54) is 0 Å². The first kappa shape index (κ1) is 26.4. The Labute approximate surface area is 214 Å². The molecule has 0 bridgehead atoms. The van der Waals surface area contributed by atoms with Crippen molar-refractivity contribution in [3.8, 4) is 11.5 Å². The smallest absolute Gasteiger partial charge is 0.338 e. The number of ether oxygens (including phenoxy) is 3. The molecule has 0 aliphatic carbocycles. The number of anilines is 1. The molecule has 8 nitrogen and oxygen atoms in total. The lowest BCUT2D eigenvalue weighted by atomic mass is 9.95. The summed E-state index contributed by atoms with van der Waals surface area (Å²) in [4.78, 5) is 17.9. The fourth-order valence-electron chi connectivity index (χ4n) is 3.64. The largest absolute Gasteiger partial charge is 0.490 e. The van der Waals surface area contributed by atoms with Crippen LogP contribution in [0, 0.1) is 0 Å². The summed E-state index contributed by atoms with van der Waals surface area (Å²) in [6.07, 6.45) is 1.93. The van der Waals surface area contributed by atoms with Crippen molar-refractivity contribution in [2.75, 3.05) is 24.3 Å². The third kappa shape index (κ3) is 5.89. The Balaban J connectivity index is 2.14. The highest BCUT2D eigenvalue weighted by molar-refractivity contribution is 9.10. The number of rotatable bonds is 11. The van der Waals surface area contributed by atoms with E-state index in [2.05, 4.69) is 33.2 Å². The average molecular weight is 554 g/mol. The molecule has 1 unspecified atom stereocenters. The second-order valence-electron chi connectivity index (χ2n) is 8.08. The molecule has 10 heteroatoms. The van der Waals surface area contributed by atoms with Gasteiger partial charge in [0, 0.05) is 11.4 Å². The number of benzene rings is 1. The third-order valence-electron chi connectivity index (χ3n) is 5.06. The minimum absolute atomic E-state index is 0.253. The fourth-order valence-corrected chi connectivity index (χ4v) is 5.13. The molecule has 1 aliphatic rings. The topological polar surface area (TPSA) is 87.5 Å². The molecule has 1 aromatic heterocycles. The average Bonchev–Trinajstić information content (AvgIpc) is 3.17. The van der Waals surface area contributed by atoms with Crippen LogP contribution in [0.25, 0.3) is 0 Å². The maximum atomic E-state index is 13.2. The van der Waals surface area contributed by atoms with Crippen molar-refractivity contribution in [3.63, 3.8) is 0 Å². The Hall–Kier alpha value is -2.20. The van der Waals surface area contributed by atoms with Crippen LogP contribution in [0.2, 0.25) is 0 Å². The van der Waals surface area contributed by atoms with E-state index in [1.807, 2.05) is 46.8 Å². The lowest BCUT2D eigenvalue weighted by Crippen LogP contribution is -2.30. The molecule has 0 fully saturated rings. The molecular weight excluding hydrogens is 520 g/mol. The Bertz CT molecular complexity index is 1050. The van der Waals surface area contributed by atoms with E-state index >= 15 is 0 Å². The summed E-state index contributed by atoms with van der Waals surface area (Å²) in [6.45, 7) is 12.5. The van der Waals surface area contributed by atoms with Crippen LogP contribution in [-0.2, 0) is 9.53 Å². The van der Waals surface area contributed by atoms with E-state index in [9.17, 15) is 4.79 Å². The van der Waals surface area contributed by atoms with Gasteiger partial charge in [0.2, 0.25) is 11.1 Å². The van der Waals surface area contributed by atoms with Gasteiger partial charge in [0.05, 0.1) is 29.4 Å². The predicted octanol–water partition coefficient (Wildman–Crippen LogP) is 5.97. The standard InChI is InChI=1S/C24H33BrN4O4S/c1-7-10-11-34-24-27-23-26-15(6)19(22(30)33-14(4)5)20(29(23)28-24)16-12-17(25)21(32-9-3)18(13-16)31-8-2/h12-14,20H,7-11H2,1-6H3,(H,26,27,28). The number of allylic oxidation sites excluding steroid dienone is 1. The maximum Gasteiger partial charge on any atom is 0.338 e. The quantitative estimate of drug-likeness (QED) is 0.207. The van der Waals surface area contributed by atoms with Gasteiger partial charge in [-0.3, -0.25) is 0 Å². The van der Waals surface area contributed by atoms with Gasteiger partial charge in [-0.25, -0.2) is 9.48 Å². The molecule has 1 N–H and O–H groups in total. The summed E-state index contributed by atoms with van der Waals surface area (Å²) < 4.78 is 19.8. The number of thioether (sulfide) groups is 1. The molecule has 0 amide bonds. The summed E-state index contributed by atoms with van der Waals surface area (Å²) in [5, 5.41) is 8.68. The summed E-state index contributed by atoms with van der Waals surface area (Å²) >= 11 is 5.24. The first-order valence-corrected chi connectivity index (χ1v) is 13.5. The number of nitrogens with zero attached hydrogens (tertiary/aromatic N) is 3. The number of nitrogens with one attached hydrogen (secondary N) is 1. The van der Waals surface area contributed by atoms with Crippen molar-refractivity contribution in [1.29, 1.82) is 0 Å². The van der Waals surface area contributed by atoms with E-state index in [4.69, 9.17) is 19.3 Å². The highest BCUT2D eigenvalue weighted by atomic mass is 79.9. The molecule has 186 valence electrons. The van der Waals surface area contributed by atoms with Crippen molar-refractivity contribution in [1.82, 2.24) is 14.8 Å². The number of aromatic nitrogens is 3. The highest BCUT2D eigenvalue weighted by Gasteiger charge is 2.36. The van der Waals surface area contributed by atoms with Crippen molar-refractivity contribution in [2.24, 2.45) is 0 Å². The number of unbranched alkanes of at least 4 members (excludes halogenated alkanes) is 1. The number of carbonyl (C=O) groups is 1. The van der Waals surface area contributed by atoms with Crippen LogP contribution < -0.4 is 14.8 Å². The predicted molar refractivity (Wildman–Crippen MR) is 138 cm³/mol. The summed E-state index contributed by atoms with van der Waals surface area (Å²) in [7, 11) is 0. The lowest BCUT2D eigenvalue weighted by molar-refractivity contribution is -0.143. The minimum atomic E-state index is -0.540. The Morgan fingerprint density at radius 1 is 1.24 bits per heavy atom. The molecule has 0 saturated carbocycles. The Morgan fingerprint density at radius 2 is 1.97 bits per heavy atom. The van der Waals surface area contributed by atoms with Gasteiger partial charge in [-0.15, -0.1) is 5.10 Å². The number of fused-ring (bicyclic) bond motifs is 1. The Kier molecular flexibility index (Phi) is 9.30. The van der Waals surface area contributed by atoms with E-state index in [-0.39, 0.29) is 6.10 Å². The van der Waals surface area contributed by atoms with Crippen LogP contribution >= 0.6 is 27.7 Å². The maximum absolute atomic E-state index is 13.2.